The van der Waals surface area contributed by atoms with Gasteiger partial charge in [0.2, 0.25) is 0 Å². The van der Waals surface area contributed by atoms with E-state index < -0.39 is 0 Å². The highest BCUT2D eigenvalue weighted by molar-refractivity contribution is 5.65. The summed E-state index contributed by atoms with van der Waals surface area (Å²) in [4.78, 5) is 10.3. The third kappa shape index (κ3) is 5.02. The van der Waals surface area contributed by atoms with Crippen molar-refractivity contribution in [3.63, 3.8) is 0 Å². The van der Waals surface area contributed by atoms with Crippen molar-refractivity contribution in [2.24, 2.45) is 0 Å². The number of rotatable bonds is 9. The van der Waals surface area contributed by atoms with Crippen LogP contribution in [0.4, 0.5) is 5.82 Å². The Morgan fingerprint density at radius 1 is 0.906 bits per heavy atom. The van der Waals surface area contributed by atoms with Crippen molar-refractivity contribution in [3.05, 3.63) is 76.6 Å². The minimum atomic E-state index is 0.134. The molecule has 1 aliphatic carbocycles. The van der Waals surface area contributed by atoms with Crippen molar-refractivity contribution < 1.29 is 4.74 Å². The molecular formula is C28H35N3O. The van der Waals surface area contributed by atoms with Crippen molar-refractivity contribution in [3.8, 4) is 11.3 Å². The Bertz CT molecular complexity index is 1030. The molecule has 0 saturated heterocycles. The van der Waals surface area contributed by atoms with Gasteiger partial charge in [0.25, 0.3) is 0 Å². The van der Waals surface area contributed by atoms with E-state index in [4.69, 9.17) is 14.7 Å². The Kier molecular flexibility index (Phi) is 7.54. The number of ether oxygens (including phenoxy) is 1. The second kappa shape index (κ2) is 10.7. The van der Waals surface area contributed by atoms with Crippen LogP contribution in [0.3, 0.4) is 0 Å². The molecule has 1 atom stereocenters. The number of methoxy groups -OCH3 is 1. The van der Waals surface area contributed by atoms with Gasteiger partial charge in [-0.15, -0.1) is 0 Å². The zero-order chi connectivity index (χ0) is 22.3. The van der Waals surface area contributed by atoms with Gasteiger partial charge in [0.15, 0.2) is 0 Å². The Morgan fingerprint density at radius 3 is 2.38 bits per heavy atom. The number of hydrogen-bond acceptors (Lipinski definition) is 4. The summed E-state index contributed by atoms with van der Waals surface area (Å²) >= 11 is 0. The maximum atomic E-state index is 5.38. The molecule has 0 fully saturated rings. The molecule has 0 radical (unpaired) electrons. The monoisotopic (exact) mass is 429 g/mol. The lowest BCUT2D eigenvalue weighted by Gasteiger charge is -2.22. The van der Waals surface area contributed by atoms with Gasteiger partial charge in [0.05, 0.1) is 23.1 Å². The third-order valence-corrected chi connectivity index (χ3v) is 6.46. The Hall–Kier alpha value is -2.72. The number of nitrogens with zero attached hydrogens (tertiary/aromatic N) is 2. The van der Waals surface area contributed by atoms with Gasteiger partial charge in [-0.05, 0) is 67.7 Å². The van der Waals surface area contributed by atoms with Gasteiger partial charge in [0.1, 0.15) is 5.82 Å². The summed E-state index contributed by atoms with van der Waals surface area (Å²) in [5, 5.41) is 3.70. The topological polar surface area (TPSA) is 47.0 Å². The van der Waals surface area contributed by atoms with E-state index in [1.54, 1.807) is 7.11 Å². The van der Waals surface area contributed by atoms with Crippen LogP contribution in [-0.2, 0) is 30.4 Å². The van der Waals surface area contributed by atoms with Crippen molar-refractivity contribution in [1.29, 1.82) is 0 Å². The van der Waals surface area contributed by atoms with Crippen LogP contribution in [0.2, 0.25) is 0 Å². The lowest BCUT2D eigenvalue weighted by molar-refractivity contribution is 0.190. The first kappa shape index (κ1) is 22.5. The van der Waals surface area contributed by atoms with E-state index in [-0.39, 0.29) is 6.04 Å². The summed E-state index contributed by atoms with van der Waals surface area (Å²) in [6.45, 7) is 5.01. The molecule has 3 aromatic rings. The Morgan fingerprint density at radius 2 is 1.66 bits per heavy atom. The van der Waals surface area contributed by atoms with Crippen LogP contribution in [0.15, 0.2) is 48.5 Å². The molecule has 32 heavy (non-hydrogen) atoms. The summed E-state index contributed by atoms with van der Waals surface area (Å²) in [5.74, 6) is 0.899. The van der Waals surface area contributed by atoms with Gasteiger partial charge in [-0.2, -0.15) is 0 Å². The summed E-state index contributed by atoms with van der Waals surface area (Å²) in [7, 11) is 1.75. The average Bonchev–Trinajstić information content (AvgIpc) is 2.86. The molecule has 1 N–H and O–H groups in total. The molecular weight excluding hydrogens is 394 g/mol. The molecule has 4 rings (SSSR count). The van der Waals surface area contributed by atoms with Gasteiger partial charge in [0, 0.05) is 19.3 Å². The molecule has 4 nitrogen and oxygen atoms in total. The number of aryl methyl sites for hydroxylation is 4. The average molecular weight is 430 g/mol. The standard InChI is InChI=1S/C28H35N3O/c1-4-24-27(23-16-15-20-11-9-10-14-22(20)19-23)29-25(5-2)28(30-24)31-26(17-18-32-3)21-12-7-6-8-13-21/h6-8,12-13,15-16,19,26H,4-5,9-11,14,17-18H2,1-3H3,(H,30,31). The number of anilines is 1. The fourth-order valence-corrected chi connectivity index (χ4v) is 4.63. The normalized spacial score (nSPS) is 14.1. The molecule has 0 bridgehead atoms. The summed E-state index contributed by atoms with van der Waals surface area (Å²) in [6.07, 6.45) is 7.53. The Labute approximate surface area is 192 Å². The molecule has 0 amide bonds. The van der Waals surface area contributed by atoms with Crippen LogP contribution in [0, 0.1) is 0 Å². The van der Waals surface area contributed by atoms with Gasteiger partial charge in [-0.25, -0.2) is 9.97 Å². The molecule has 1 aliphatic rings. The van der Waals surface area contributed by atoms with Crippen LogP contribution < -0.4 is 5.32 Å². The number of nitrogens with one attached hydrogen (secondary N) is 1. The first-order valence-electron chi connectivity index (χ1n) is 12.1. The molecule has 168 valence electrons. The molecule has 4 heteroatoms. The predicted molar refractivity (Wildman–Crippen MR) is 132 cm³/mol. The highest BCUT2D eigenvalue weighted by Gasteiger charge is 2.19. The smallest absolute Gasteiger partial charge is 0.148 e. The van der Waals surface area contributed by atoms with E-state index in [1.165, 1.54) is 47.9 Å². The van der Waals surface area contributed by atoms with E-state index in [9.17, 15) is 0 Å². The molecule has 0 saturated carbocycles. The highest BCUT2D eigenvalue weighted by atomic mass is 16.5. The molecule has 1 heterocycles. The SMILES string of the molecule is CCc1nc(-c2ccc3c(c2)CCCC3)c(CC)nc1NC(CCOC)c1ccccc1. The fourth-order valence-electron chi connectivity index (χ4n) is 4.63. The van der Waals surface area contributed by atoms with Crippen LogP contribution >= 0.6 is 0 Å². The highest BCUT2D eigenvalue weighted by Crippen LogP contribution is 2.31. The quantitative estimate of drug-likeness (QED) is 0.431. The van der Waals surface area contributed by atoms with Crippen LogP contribution in [-0.4, -0.2) is 23.7 Å². The lowest BCUT2D eigenvalue weighted by atomic mass is 9.89. The second-order valence-electron chi connectivity index (χ2n) is 8.60. The molecule has 1 aromatic heterocycles. The van der Waals surface area contributed by atoms with E-state index in [0.717, 1.165) is 42.2 Å². The minimum absolute atomic E-state index is 0.134. The van der Waals surface area contributed by atoms with E-state index in [1.807, 2.05) is 0 Å². The van der Waals surface area contributed by atoms with Crippen molar-refractivity contribution in [2.45, 2.75) is 64.8 Å². The maximum Gasteiger partial charge on any atom is 0.148 e. The maximum absolute atomic E-state index is 5.38. The summed E-state index contributed by atoms with van der Waals surface area (Å²) in [5.41, 5.74) is 8.55. The van der Waals surface area contributed by atoms with Crippen LogP contribution in [0.1, 0.15) is 67.2 Å². The van der Waals surface area contributed by atoms with Gasteiger partial charge in [-0.1, -0.05) is 56.3 Å². The first-order chi connectivity index (χ1) is 15.7. The summed E-state index contributed by atoms with van der Waals surface area (Å²) in [6, 6.07) is 17.6. The molecule has 1 unspecified atom stereocenters. The van der Waals surface area contributed by atoms with Crippen molar-refractivity contribution in [2.75, 3.05) is 19.0 Å². The number of fused-ring (bicyclic) bond motifs is 1. The number of hydrogen-bond donors (Lipinski definition) is 1. The lowest BCUT2D eigenvalue weighted by Crippen LogP contribution is -2.17. The Balaban J connectivity index is 1.69. The first-order valence-corrected chi connectivity index (χ1v) is 12.1. The molecule has 0 aliphatic heterocycles. The largest absolute Gasteiger partial charge is 0.385 e. The molecule has 2 aromatic carbocycles. The van der Waals surface area contributed by atoms with E-state index >= 15 is 0 Å². The summed E-state index contributed by atoms with van der Waals surface area (Å²) < 4.78 is 5.38. The van der Waals surface area contributed by atoms with Crippen LogP contribution in [0.5, 0.6) is 0 Å². The van der Waals surface area contributed by atoms with Crippen molar-refractivity contribution >= 4 is 5.82 Å². The fraction of sp³-hybridized carbons (Fsp3) is 0.429. The minimum Gasteiger partial charge on any atom is -0.385 e. The van der Waals surface area contributed by atoms with Crippen LogP contribution in [0.25, 0.3) is 11.3 Å². The third-order valence-electron chi connectivity index (χ3n) is 6.46. The van der Waals surface area contributed by atoms with E-state index in [2.05, 4.69) is 67.7 Å². The van der Waals surface area contributed by atoms with Gasteiger partial charge in [-0.3, -0.25) is 0 Å². The zero-order valence-corrected chi connectivity index (χ0v) is 19.7. The van der Waals surface area contributed by atoms with Gasteiger partial charge < -0.3 is 10.1 Å². The van der Waals surface area contributed by atoms with Gasteiger partial charge >= 0.3 is 0 Å². The second-order valence-corrected chi connectivity index (χ2v) is 8.60. The number of aromatic nitrogens is 2. The zero-order valence-electron chi connectivity index (χ0n) is 19.7. The van der Waals surface area contributed by atoms with Crippen molar-refractivity contribution in [1.82, 2.24) is 9.97 Å². The van der Waals surface area contributed by atoms with E-state index in [0.29, 0.717) is 6.61 Å². The predicted octanol–water partition coefficient (Wildman–Crippen LogP) is 6.34. The number of benzene rings is 2. The molecule has 0 spiro atoms.